The van der Waals surface area contributed by atoms with Crippen LogP contribution >= 0.6 is 15.9 Å². The number of hydrogen-bond acceptors (Lipinski definition) is 8. The highest BCUT2D eigenvalue weighted by atomic mass is 79.9. The Morgan fingerprint density at radius 1 is 1.26 bits per heavy atom. The Labute approximate surface area is 229 Å². The van der Waals surface area contributed by atoms with Gasteiger partial charge in [-0.15, -0.1) is 0 Å². The number of rotatable bonds is 9. The van der Waals surface area contributed by atoms with E-state index in [0.717, 1.165) is 10.7 Å². The molecule has 1 amide bonds. The summed E-state index contributed by atoms with van der Waals surface area (Å²) in [6, 6.07) is 13.0. The molecular weight excluding hydrogens is 577 g/mol. The number of hydrogen-bond donors (Lipinski definition) is 1. The van der Waals surface area contributed by atoms with Gasteiger partial charge in [-0.25, -0.2) is 9.37 Å². The van der Waals surface area contributed by atoms with Gasteiger partial charge in [0.1, 0.15) is 11.6 Å². The predicted octanol–water partition coefficient (Wildman–Crippen LogP) is 4.68. The molecule has 4 rings (SSSR count). The monoisotopic (exact) mass is 597 g/mol. The summed E-state index contributed by atoms with van der Waals surface area (Å²) in [6.45, 7) is 1.22. The number of carbonyl (C=O) groups is 1. The lowest BCUT2D eigenvalue weighted by atomic mass is 10.2. The lowest BCUT2D eigenvalue weighted by Crippen LogP contribution is -2.22. The van der Waals surface area contributed by atoms with Crippen molar-refractivity contribution in [2.24, 2.45) is 5.10 Å². The minimum Gasteiger partial charge on any atom is -0.493 e. The smallest absolute Gasteiger partial charge is 0.315 e. The number of amides is 1. The minimum atomic E-state index is -0.696. The largest absolute Gasteiger partial charge is 0.493 e. The van der Waals surface area contributed by atoms with Crippen LogP contribution in [0.5, 0.6) is 11.5 Å². The lowest BCUT2D eigenvalue weighted by Gasteiger charge is -2.12. The molecule has 0 fully saturated rings. The number of fused-ring (bicyclic) bond motifs is 1. The predicted molar refractivity (Wildman–Crippen MR) is 146 cm³/mol. The maximum absolute atomic E-state index is 13.4. The zero-order valence-corrected chi connectivity index (χ0v) is 22.3. The fraction of sp³-hybridized carbons (Fsp3) is 0.154. The Bertz CT molecular complexity index is 1670. The van der Waals surface area contributed by atoms with Crippen molar-refractivity contribution < 1.29 is 23.6 Å². The Kier molecular flexibility index (Phi) is 8.30. The highest BCUT2D eigenvalue weighted by Gasteiger charge is 2.23. The molecule has 0 aliphatic rings. The van der Waals surface area contributed by atoms with Gasteiger partial charge in [0.25, 0.3) is 11.5 Å². The van der Waals surface area contributed by atoms with Gasteiger partial charge >= 0.3 is 5.69 Å². The van der Waals surface area contributed by atoms with Crippen LogP contribution < -0.4 is 20.3 Å². The molecule has 39 heavy (non-hydrogen) atoms. The summed E-state index contributed by atoms with van der Waals surface area (Å²) in [5.74, 6) is -1.12. The summed E-state index contributed by atoms with van der Waals surface area (Å²) in [4.78, 5) is 41.0. The van der Waals surface area contributed by atoms with Crippen molar-refractivity contribution in [2.75, 3.05) is 19.0 Å². The number of carbonyl (C=O) groups excluding carboxylic acids is 1. The Hall–Kier alpha value is -4.65. The molecule has 0 spiro atoms. The summed E-state index contributed by atoms with van der Waals surface area (Å²) in [7, 11) is 1.28. The van der Waals surface area contributed by atoms with Gasteiger partial charge in [0.2, 0.25) is 5.75 Å². The molecule has 200 valence electrons. The quantitative estimate of drug-likeness (QED) is 0.168. The average molecular weight is 598 g/mol. The van der Waals surface area contributed by atoms with Gasteiger partial charge in [-0.3, -0.25) is 19.7 Å². The first-order valence-electron chi connectivity index (χ1n) is 11.5. The van der Waals surface area contributed by atoms with E-state index in [2.05, 4.69) is 31.3 Å². The Morgan fingerprint density at radius 2 is 2.05 bits per heavy atom. The van der Waals surface area contributed by atoms with E-state index in [1.807, 2.05) is 6.92 Å². The van der Waals surface area contributed by atoms with Crippen molar-refractivity contribution in [3.63, 3.8) is 0 Å². The molecule has 0 aliphatic carbocycles. The van der Waals surface area contributed by atoms with Gasteiger partial charge in [-0.05, 0) is 42.5 Å². The van der Waals surface area contributed by atoms with Crippen molar-refractivity contribution in [3.05, 3.63) is 96.7 Å². The highest BCUT2D eigenvalue weighted by molar-refractivity contribution is 9.10. The maximum atomic E-state index is 13.4. The van der Waals surface area contributed by atoms with Crippen molar-refractivity contribution >= 4 is 50.3 Å². The number of benzene rings is 3. The fourth-order valence-electron chi connectivity index (χ4n) is 3.68. The molecule has 0 bridgehead atoms. The second kappa shape index (κ2) is 11.8. The molecule has 4 aromatic rings. The van der Waals surface area contributed by atoms with Crippen molar-refractivity contribution in [2.45, 2.75) is 13.3 Å². The molecular formula is C26H21BrFN5O6. The summed E-state index contributed by atoms with van der Waals surface area (Å²) >= 11 is 3.34. The number of ether oxygens (including phenoxy) is 2. The lowest BCUT2D eigenvalue weighted by molar-refractivity contribution is -0.385. The van der Waals surface area contributed by atoms with Gasteiger partial charge < -0.3 is 14.8 Å². The van der Waals surface area contributed by atoms with E-state index in [-0.39, 0.29) is 22.7 Å². The molecule has 3 aromatic carbocycles. The van der Waals surface area contributed by atoms with Crippen LogP contribution in [-0.4, -0.2) is 40.4 Å². The van der Waals surface area contributed by atoms with Crippen LogP contribution in [-0.2, 0) is 11.2 Å². The van der Waals surface area contributed by atoms with E-state index in [1.54, 1.807) is 18.2 Å². The maximum Gasteiger partial charge on any atom is 0.315 e. The van der Waals surface area contributed by atoms with Gasteiger partial charge in [0.15, 0.2) is 12.4 Å². The summed E-state index contributed by atoms with van der Waals surface area (Å²) in [6.07, 6.45) is 1.68. The number of nitro benzene ring substituents is 1. The van der Waals surface area contributed by atoms with Crippen LogP contribution in [0, 0.1) is 15.9 Å². The zero-order valence-electron chi connectivity index (χ0n) is 20.7. The van der Waals surface area contributed by atoms with Crippen LogP contribution in [0.4, 0.5) is 15.8 Å². The van der Waals surface area contributed by atoms with Crippen molar-refractivity contribution in [3.8, 4) is 11.5 Å². The van der Waals surface area contributed by atoms with Crippen LogP contribution in [0.3, 0.4) is 0 Å². The number of halogens is 2. The van der Waals surface area contributed by atoms with E-state index < -0.39 is 34.5 Å². The third-order valence-corrected chi connectivity index (χ3v) is 5.94. The molecule has 1 N–H and O–H groups in total. The van der Waals surface area contributed by atoms with Crippen LogP contribution in [0.1, 0.15) is 18.3 Å². The van der Waals surface area contributed by atoms with E-state index in [4.69, 9.17) is 9.47 Å². The highest BCUT2D eigenvalue weighted by Crippen LogP contribution is 2.38. The summed E-state index contributed by atoms with van der Waals surface area (Å²) < 4.78 is 25.9. The average Bonchev–Trinajstić information content (AvgIpc) is 2.91. The standard InChI is InChI=1S/C26H21BrFN5O6/c1-3-23-31-20-8-7-16(27)11-19(20)26(35)32(23)29-13-15-9-21(33(36)37)25(22(10-15)38-2)39-14-24(34)30-18-6-4-5-17(28)12-18/h4-13H,3,14H2,1-2H3,(H,30,34). The molecule has 0 saturated carbocycles. The van der Waals surface area contributed by atoms with Gasteiger partial charge in [0, 0.05) is 28.2 Å². The second-order valence-corrected chi connectivity index (χ2v) is 9.00. The second-order valence-electron chi connectivity index (χ2n) is 8.08. The number of anilines is 1. The van der Waals surface area contributed by atoms with E-state index in [0.29, 0.717) is 27.6 Å². The number of methoxy groups -OCH3 is 1. The van der Waals surface area contributed by atoms with Crippen LogP contribution in [0.25, 0.3) is 10.9 Å². The van der Waals surface area contributed by atoms with Crippen molar-refractivity contribution in [1.82, 2.24) is 9.66 Å². The number of aryl methyl sites for hydroxylation is 1. The van der Waals surface area contributed by atoms with E-state index >= 15 is 0 Å². The number of nitro groups is 1. The molecule has 0 unspecified atom stereocenters. The normalized spacial score (nSPS) is 11.1. The van der Waals surface area contributed by atoms with Gasteiger partial charge in [0.05, 0.1) is 29.2 Å². The first-order chi connectivity index (χ1) is 18.7. The molecule has 0 saturated heterocycles. The third kappa shape index (κ3) is 6.26. The topological polar surface area (TPSA) is 138 Å². The van der Waals surface area contributed by atoms with E-state index in [1.165, 1.54) is 43.7 Å². The van der Waals surface area contributed by atoms with Crippen LogP contribution in [0.15, 0.2) is 69.0 Å². The van der Waals surface area contributed by atoms with Crippen LogP contribution in [0.2, 0.25) is 0 Å². The summed E-state index contributed by atoms with van der Waals surface area (Å²) in [5, 5.41) is 18.9. The molecule has 1 aromatic heterocycles. The molecule has 1 heterocycles. The Balaban J connectivity index is 1.64. The van der Waals surface area contributed by atoms with Gasteiger partial charge in [-0.1, -0.05) is 28.9 Å². The minimum absolute atomic E-state index is 0.0344. The number of aromatic nitrogens is 2. The van der Waals surface area contributed by atoms with Gasteiger partial charge in [-0.2, -0.15) is 9.78 Å². The zero-order chi connectivity index (χ0) is 28.1. The first-order valence-corrected chi connectivity index (χ1v) is 12.3. The molecule has 13 heteroatoms. The number of nitrogens with zero attached hydrogens (tertiary/aromatic N) is 4. The molecule has 11 nitrogen and oxygen atoms in total. The Morgan fingerprint density at radius 3 is 2.74 bits per heavy atom. The summed E-state index contributed by atoms with van der Waals surface area (Å²) in [5.41, 5.74) is 0.0668. The molecule has 0 atom stereocenters. The first kappa shape index (κ1) is 27.4. The SMILES string of the molecule is CCc1nc2ccc(Br)cc2c(=O)n1N=Cc1cc(OC)c(OCC(=O)Nc2cccc(F)c2)c([N+](=O)[O-])c1. The van der Waals surface area contributed by atoms with E-state index in [9.17, 15) is 24.1 Å². The molecule has 0 aliphatic heterocycles. The third-order valence-electron chi connectivity index (χ3n) is 5.44. The fourth-order valence-corrected chi connectivity index (χ4v) is 4.04. The number of nitrogens with one attached hydrogen (secondary N) is 1. The molecule has 0 radical (unpaired) electrons. The van der Waals surface area contributed by atoms with Crippen molar-refractivity contribution in [1.29, 1.82) is 0 Å².